The molecular weight excluding hydrogens is 348 g/mol. The smallest absolute Gasteiger partial charge is 0.0249 e. The van der Waals surface area contributed by atoms with Crippen LogP contribution in [-0.2, 0) is 6.42 Å². The number of rotatable bonds is 7. The van der Waals surface area contributed by atoms with Gasteiger partial charge in [0.15, 0.2) is 0 Å². The molecule has 0 nitrogen and oxygen atoms in total. The number of allylic oxidation sites excluding steroid dienone is 2. The Morgan fingerprint density at radius 1 is 0.759 bits per heavy atom. The fraction of sp³-hybridized carbons (Fsp3) is 0.655. The first-order chi connectivity index (χ1) is 14.3. The molecule has 29 heavy (non-hydrogen) atoms. The second-order valence-electron chi connectivity index (χ2n) is 9.71. The summed E-state index contributed by atoms with van der Waals surface area (Å²) in [6, 6.07) is 8.65. The van der Waals surface area contributed by atoms with Crippen LogP contribution in [0.25, 0.3) is 0 Å². The molecule has 0 heteroatoms. The standard InChI is InChI=1S/C29H42/c1-3-7-25-14-18-28(19-15-25)22-23-29-20-16-27(17-21-29)9-6-5-8-26-12-10-24(4-2)11-13-26/h6,9-13,25,27-29H,3-4,7,14-23H2,1-2H3/b9-6+/t25-,27?,28-,29?. The molecule has 0 heterocycles. The third-order valence-electron chi connectivity index (χ3n) is 7.57. The molecule has 0 N–H and O–H groups in total. The third-order valence-corrected chi connectivity index (χ3v) is 7.57. The summed E-state index contributed by atoms with van der Waals surface area (Å²) in [5.41, 5.74) is 2.51. The van der Waals surface area contributed by atoms with E-state index in [1.165, 1.54) is 82.6 Å². The van der Waals surface area contributed by atoms with Gasteiger partial charge in [-0.3, -0.25) is 0 Å². The fourth-order valence-electron chi connectivity index (χ4n) is 5.49. The normalized spacial score (nSPS) is 27.5. The minimum atomic E-state index is 0.757. The second kappa shape index (κ2) is 12.3. The van der Waals surface area contributed by atoms with E-state index in [1.54, 1.807) is 0 Å². The zero-order chi connectivity index (χ0) is 20.3. The Morgan fingerprint density at radius 3 is 1.86 bits per heavy atom. The Hall–Kier alpha value is -1.48. The summed E-state index contributed by atoms with van der Waals surface area (Å²) in [7, 11) is 0. The van der Waals surface area contributed by atoms with Crippen LogP contribution < -0.4 is 0 Å². The van der Waals surface area contributed by atoms with Crippen molar-refractivity contribution in [1.82, 2.24) is 0 Å². The lowest BCUT2D eigenvalue weighted by Crippen LogP contribution is -2.17. The second-order valence-corrected chi connectivity index (χ2v) is 9.71. The Balaban J connectivity index is 1.31. The van der Waals surface area contributed by atoms with Crippen molar-refractivity contribution >= 4 is 0 Å². The van der Waals surface area contributed by atoms with E-state index in [-0.39, 0.29) is 0 Å². The van der Waals surface area contributed by atoms with Crippen LogP contribution in [0.15, 0.2) is 36.4 Å². The van der Waals surface area contributed by atoms with Gasteiger partial charge in [0, 0.05) is 5.56 Å². The van der Waals surface area contributed by atoms with E-state index in [2.05, 4.69) is 62.1 Å². The average Bonchev–Trinajstić information content (AvgIpc) is 2.78. The van der Waals surface area contributed by atoms with Gasteiger partial charge in [-0.15, -0.1) is 0 Å². The van der Waals surface area contributed by atoms with Gasteiger partial charge >= 0.3 is 0 Å². The Bertz CT molecular complexity index is 652. The number of aryl methyl sites for hydroxylation is 1. The summed E-state index contributed by atoms with van der Waals surface area (Å²) < 4.78 is 0. The molecule has 2 saturated carbocycles. The van der Waals surface area contributed by atoms with Crippen LogP contribution in [0.1, 0.15) is 102 Å². The maximum atomic E-state index is 3.28. The molecule has 158 valence electrons. The number of hydrogen-bond donors (Lipinski definition) is 0. The lowest BCUT2D eigenvalue weighted by atomic mass is 9.75. The van der Waals surface area contributed by atoms with Crippen LogP contribution in [0, 0.1) is 35.5 Å². The van der Waals surface area contributed by atoms with Gasteiger partial charge in [0.05, 0.1) is 0 Å². The molecule has 3 rings (SSSR count). The van der Waals surface area contributed by atoms with Crippen molar-refractivity contribution in [2.45, 2.75) is 97.3 Å². The number of benzene rings is 1. The highest BCUT2D eigenvalue weighted by Gasteiger charge is 2.23. The van der Waals surface area contributed by atoms with Crippen LogP contribution in [0.3, 0.4) is 0 Å². The van der Waals surface area contributed by atoms with Gasteiger partial charge in [-0.25, -0.2) is 0 Å². The van der Waals surface area contributed by atoms with E-state index in [1.807, 2.05) is 0 Å². The predicted octanol–water partition coefficient (Wildman–Crippen LogP) is 8.35. The lowest BCUT2D eigenvalue weighted by Gasteiger charge is -2.31. The van der Waals surface area contributed by atoms with E-state index in [0.717, 1.165) is 35.7 Å². The van der Waals surface area contributed by atoms with Crippen molar-refractivity contribution < 1.29 is 0 Å². The first-order valence-corrected chi connectivity index (χ1v) is 12.5. The average molecular weight is 391 g/mol. The van der Waals surface area contributed by atoms with Crippen LogP contribution in [0.4, 0.5) is 0 Å². The van der Waals surface area contributed by atoms with Crippen LogP contribution in [0.5, 0.6) is 0 Å². The first-order valence-electron chi connectivity index (χ1n) is 12.5. The molecule has 2 aliphatic rings. The summed E-state index contributed by atoms with van der Waals surface area (Å²) in [6.07, 6.45) is 23.1. The highest BCUT2D eigenvalue weighted by molar-refractivity contribution is 5.38. The van der Waals surface area contributed by atoms with Crippen molar-refractivity contribution in [3.05, 3.63) is 47.5 Å². The molecular formula is C29H42. The molecule has 0 bridgehead atoms. The van der Waals surface area contributed by atoms with Gasteiger partial charge in [0.1, 0.15) is 0 Å². The lowest BCUT2D eigenvalue weighted by molar-refractivity contribution is 0.221. The monoisotopic (exact) mass is 390 g/mol. The molecule has 0 atom stereocenters. The van der Waals surface area contributed by atoms with Gasteiger partial charge in [0.25, 0.3) is 0 Å². The van der Waals surface area contributed by atoms with E-state index < -0.39 is 0 Å². The van der Waals surface area contributed by atoms with Crippen LogP contribution in [0.2, 0.25) is 0 Å². The summed E-state index contributed by atoms with van der Waals surface area (Å²) in [4.78, 5) is 0. The van der Waals surface area contributed by atoms with E-state index in [4.69, 9.17) is 0 Å². The molecule has 0 radical (unpaired) electrons. The zero-order valence-corrected chi connectivity index (χ0v) is 19.0. The van der Waals surface area contributed by atoms with E-state index in [9.17, 15) is 0 Å². The van der Waals surface area contributed by atoms with Gasteiger partial charge in [-0.05, 0) is 79.5 Å². The van der Waals surface area contributed by atoms with Crippen molar-refractivity contribution in [2.24, 2.45) is 23.7 Å². The Labute approximate surface area is 180 Å². The van der Waals surface area contributed by atoms with E-state index >= 15 is 0 Å². The van der Waals surface area contributed by atoms with Gasteiger partial charge in [0.2, 0.25) is 0 Å². The van der Waals surface area contributed by atoms with Crippen LogP contribution >= 0.6 is 0 Å². The third kappa shape index (κ3) is 7.70. The molecule has 0 unspecified atom stereocenters. The van der Waals surface area contributed by atoms with Gasteiger partial charge < -0.3 is 0 Å². The molecule has 2 aliphatic carbocycles. The Kier molecular flexibility index (Phi) is 9.40. The molecule has 0 spiro atoms. The summed E-state index contributed by atoms with van der Waals surface area (Å²) in [5.74, 6) is 10.4. The highest BCUT2D eigenvalue weighted by Crippen LogP contribution is 2.37. The predicted molar refractivity (Wildman–Crippen MR) is 127 cm³/mol. The SMILES string of the molecule is CCC[C@H]1CC[C@H](CCC2CCC(/C=C/C#Cc3ccc(CC)cc3)CC2)CC1. The fourth-order valence-corrected chi connectivity index (χ4v) is 5.49. The molecule has 1 aromatic rings. The minimum Gasteiger partial charge on any atom is -0.0730 e. The molecule has 2 fully saturated rings. The Morgan fingerprint density at radius 2 is 1.31 bits per heavy atom. The van der Waals surface area contributed by atoms with Gasteiger partial charge in [-0.1, -0.05) is 95.3 Å². The van der Waals surface area contributed by atoms with Crippen molar-refractivity contribution in [3.63, 3.8) is 0 Å². The topological polar surface area (TPSA) is 0 Å². The van der Waals surface area contributed by atoms with Gasteiger partial charge in [-0.2, -0.15) is 0 Å². The molecule has 0 aromatic heterocycles. The maximum absolute atomic E-state index is 3.28. The van der Waals surface area contributed by atoms with Crippen molar-refractivity contribution in [1.29, 1.82) is 0 Å². The van der Waals surface area contributed by atoms with Crippen molar-refractivity contribution in [3.8, 4) is 11.8 Å². The molecule has 0 saturated heterocycles. The summed E-state index contributed by atoms with van der Waals surface area (Å²) >= 11 is 0. The summed E-state index contributed by atoms with van der Waals surface area (Å²) in [6.45, 7) is 4.53. The minimum absolute atomic E-state index is 0.757. The molecule has 1 aromatic carbocycles. The molecule has 0 amide bonds. The van der Waals surface area contributed by atoms with Crippen LogP contribution in [-0.4, -0.2) is 0 Å². The summed E-state index contributed by atoms with van der Waals surface area (Å²) in [5, 5.41) is 0. The maximum Gasteiger partial charge on any atom is 0.0249 e. The number of hydrogen-bond acceptors (Lipinski definition) is 0. The first kappa shape index (κ1) is 22.2. The quantitative estimate of drug-likeness (QED) is 0.410. The van der Waals surface area contributed by atoms with Crippen molar-refractivity contribution in [2.75, 3.05) is 0 Å². The zero-order valence-electron chi connectivity index (χ0n) is 19.0. The van der Waals surface area contributed by atoms with E-state index in [0.29, 0.717) is 0 Å². The molecule has 0 aliphatic heterocycles. The highest BCUT2D eigenvalue weighted by atomic mass is 14.3. The largest absolute Gasteiger partial charge is 0.0730 e.